The van der Waals surface area contributed by atoms with Gasteiger partial charge in [-0.3, -0.25) is 4.79 Å². The summed E-state index contributed by atoms with van der Waals surface area (Å²) >= 11 is 0. The van der Waals surface area contributed by atoms with Gasteiger partial charge in [0.1, 0.15) is 11.6 Å². The van der Waals surface area contributed by atoms with E-state index >= 15 is 0 Å². The molecule has 0 bridgehead atoms. The monoisotopic (exact) mass is 257 g/mol. The Kier molecular flexibility index (Phi) is 10.8. The molecule has 0 aromatic rings. The van der Waals surface area contributed by atoms with Crippen LogP contribution >= 0.6 is 0 Å². The standard InChI is InChI=1S/C11H19N3O4/c1-17-5-3-14-11(16)10(8-12)9-13-2-6-18-7-4-15/h9,13,15H,2-7H2,1H3,(H,14,16)/b10-9-. The second-order valence-corrected chi connectivity index (χ2v) is 3.21. The zero-order valence-electron chi connectivity index (χ0n) is 10.4. The van der Waals surface area contributed by atoms with E-state index in [9.17, 15) is 4.79 Å². The minimum Gasteiger partial charge on any atom is -0.394 e. The molecular weight excluding hydrogens is 238 g/mol. The van der Waals surface area contributed by atoms with Crippen molar-refractivity contribution >= 4 is 5.91 Å². The number of methoxy groups -OCH3 is 1. The summed E-state index contributed by atoms with van der Waals surface area (Å²) in [6.45, 7) is 1.84. The topological polar surface area (TPSA) is 104 Å². The van der Waals surface area contributed by atoms with Crippen LogP contribution in [0.4, 0.5) is 0 Å². The Morgan fingerprint density at radius 3 is 2.78 bits per heavy atom. The number of aliphatic hydroxyl groups excluding tert-OH is 1. The molecule has 0 aliphatic rings. The van der Waals surface area contributed by atoms with E-state index < -0.39 is 5.91 Å². The quantitative estimate of drug-likeness (QED) is 0.257. The molecule has 0 saturated heterocycles. The number of carbonyl (C=O) groups is 1. The number of nitriles is 1. The van der Waals surface area contributed by atoms with Gasteiger partial charge >= 0.3 is 0 Å². The molecular formula is C11H19N3O4. The third-order valence-electron chi connectivity index (χ3n) is 1.83. The molecule has 0 spiro atoms. The zero-order valence-corrected chi connectivity index (χ0v) is 10.4. The van der Waals surface area contributed by atoms with E-state index in [1.807, 2.05) is 0 Å². The van der Waals surface area contributed by atoms with Crippen LogP contribution in [0.5, 0.6) is 0 Å². The van der Waals surface area contributed by atoms with Crippen molar-refractivity contribution in [1.29, 1.82) is 5.26 Å². The van der Waals surface area contributed by atoms with Gasteiger partial charge in [0, 0.05) is 26.4 Å². The van der Waals surface area contributed by atoms with Crippen molar-refractivity contribution in [3.8, 4) is 6.07 Å². The zero-order chi connectivity index (χ0) is 13.6. The number of hydrogen-bond donors (Lipinski definition) is 3. The molecule has 1 amide bonds. The van der Waals surface area contributed by atoms with Crippen LogP contribution in [0.15, 0.2) is 11.8 Å². The number of nitrogens with zero attached hydrogens (tertiary/aromatic N) is 1. The highest BCUT2D eigenvalue weighted by Crippen LogP contribution is 1.89. The van der Waals surface area contributed by atoms with Crippen molar-refractivity contribution in [1.82, 2.24) is 10.6 Å². The maximum Gasteiger partial charge on any atom is 0.263 e. The molecule has 0 aliphatic carbocycles. The van der Waals surface area contributed by atoms with E-state index in [1.165, 1.54) is 13.3 Å². The molecule has 0 aromatic heterocycles. The first-order valence-electron chi connectivity index (χ1n) is 5.55. The van der Waals surface area contributed by atoms with Gasteiger partial charge in [0.15, 0.2) is 0 Å². The fourth-order valence-corrected chi connectivity index (χ4v) is 0.982. The van der Waals surface area contributed by atoms with Crippen LogP contribution in [0.1, 0.15) is 0 Å². The number of nitrogens with one attached hydrogen (secondary N) is 2. The summed E-state index contributed by atoms with van der Waals surface area (Å²) in [6.07, 6.45) is 1.34. The molecule has 0 aliphatic heterocycles. The smallest absolute Gasteiger partial charge is 0.263 e. The Morgan fingerprint density at radius 1 is 1.39 bits per heavy atom. The summed E-state index contributed by atoms with van der Waals surface area (Å²) in [7, 11) is 1.53. The SMILES string of the molecule is COCCNC(=O)/C(C#N)=C\NCCOCCO. The first-order valence-corrected chi connectivity index (χ1v) is 5.55. The van der Waals surface area contributed by atoms with Crippen molar-refractivity contribution in [2.45, 2.75) is 0 Å². The van der Waals surface area contributed by atoms with Gasteiger partial charge in [-0.2, -0.15) is 5.26 Å². The van der Waals surface area contributed by atoms with Crippen molar-refractivity contribution in [3.63, 3.8) is 0 Å². The van der Waals surface area contributed by atoms with Gasteiger partial charge < -0.3 is 25.2 Å². The summed E-state index contributed by atoms with van der Waals surface area (Å²) in [4.78, 5) is 11.5. The van der Waals surface area contributed by atoms with Crippen LogP contribution in [0.2, 0.25) is 0 Å². The van der Waals surface area contributed by atoms with Gasteiger partial charge in [0.05, 0.1) is 26.4 Å². The van der Waals surface area contributed by atoms with Crippen LogP contribution in [-0.2, 0) is 14.3 Å². The number of hydrogen-bond acceptors (Lipinski definition) is 6. The molecule has 3 N–H and O–H groups in total. The normalized spacial score (nSPS) is 10.8. The Hall–Kier alpha value is -1.62. The van der Waals surface area contributed by atoms with Gasteiger partial charge in [-0.05, 0) is 0 Å². The fourth-order valence-electron chi connectivity index (χ4n) is 0.982. The van der Waals surface area contributed by atoms with Crippen LogP contribution in [0.3, 0.4) is 0 Å². The third-order valence-corrected chi connectivity index (χ3v) is 1.83. The van der Waals surface area contributed by atoms with Gasteiger partial charge in [-0.15, -0.1) is 0 Å². The summed E-state index contributed by atoms with van der Waals surface area (Å²) in [5.41, 5.74) is -0.00624. The minimum atomic E-state index is -0.446. The number of ether oxygens (including phenoxy) is 2. The number of aliphatic hydroxyl groups is 1. The van der Waals surface area contributed by atoms with Crippen molar-refractivity contribution in [2.75, 3.05) is 46.6 Å². The van der Waals surface area contributed by atoms with Gasteiger partial charge in [-0.1, -0.05) is 0 Å². The Labute approximate surface area is 106 Å². The van der Waals surface area contributed by atoms with E-state index in [1.54, 1.807) is 6.07 Å². The molecule has 0 saturated carbocycles. The lowest BCUT2D eigenvalue weighted by Gasteiger charge is -2.04. The number of amides is 1. The Balaban J connectivity index is 3.85. The minimum absolute atomic E-state index is 0.00624. The molecule has 7 nitrogen and oxygen atoms in total. The predicted molar refractivity (Wildman–Crippen MR) is 64.5 cm³/mol. The highest BCUT2D eigenvalue weighted by molar-refractivity contribution is 5.97. The van der Waals surface area contributed by atoms with E-state index in [4.69, 9.17) is 19.8 Å². The molecule has 0 rings (SSSR count). The molecule has 18 heavy (non-hydrogen) atoms. The van der Waals surface area contributed by atoms with E-state index in [0.29, 0.717) is 26.3 Å². The van der Waals surface area contributed by atoms with Crippen LogP contribution in [-0.4, -0.2) is 57.6 Å². The third kappa shape index (κ3) is 8.52. The average molecular weight is 257 g/mol. The second kappa shape index (κ2) is 11.9. The Morgan fingerprint density at radius 2 is 2.17 bits per heavy atom. The van der Waals surface area contributed by atoms with Crippen LogP contribution < -0.4 is 10.6 Å². The van der Waals surface area contributed by atoms with E-state index in [-0.39, 0.29) is 18.8 Å². The van der Waals surface area contributed by atoms with Crippen molar-refractivity contribution < 1.29 is 19.4 Å². The maximum absolute atomic E-state index is 11.5. The van der Waals surface area contributed by atoms with Crippen LogP contribution in [0.25, 0.3) is 0 Å². The largest absolute Gasteiger partial charge is 0.394 e. The van der Waals surface area contributed by atoms with Gasteiger partial charge in [0.25, 0.3) is 5.91 Å². The van der Waals surface area contributed by atoms with Crippen molar-refractivity contribution in [3.05, 3.63) is 11.8 Å². The maximum atomic E-state index is 11.5. The number of rotatable bonds is 10. The molecule has 0 fully saturated rings. The van der Waals surface area contributed by atoms with Gasteiger partial charge in [0.2, 0.25) is 0 Å². The predicted octanol–water partition coefficient (Wildman–Crippen LogP) is -1.25. The molecule has 7 heteroatoms. The van der Waals surface area contributed by atoms with E-state index in [0.717, 1.165) is 0 Å². The first kappa shape index (κ1) is 16.4. The molecule has 0 heterocycles. The molecule has 0 atom stereocenters. The molecule has 0 unspecified atom stereocenters. The second-order valence-electron chi connectivity index (χ2n) is 3.21. The molecule has 0 aromatic carbocycles. The highest BCUT2D eigenvalue weighted by Gasteiger charge is 2.06. The van der Waals surface area contributed by atoms with Crippen molar-refractivity contribution in [2.24, 2.45) is 0 Å². The molecule has 0 radical (unpaired) electrons. The lowest BCUT2D eigenvalue weighted by atomic mass is 10.3. The average Bonchev–Trinajstić information content (AvgIpc) is 2.38. The lowest BCUT2D eigenvalue weighted by molar-refractivity contribution is -0.117. The Bertz CT molecular complexity index is 299. The van der Waals surface area contributed by atoms with Crippen LogP contribution in [0, 0.1) is 11.3 Å². The lowest BCUT2D eigenvalue weighted by Crippen LogP contribution is -2.29. The summed E-state index contributed by atoms with van der Waals surface area (Å²) in [5.74, 6) is -0.446. The summed E-state index contributed by atoms with van der Waals surface area (Å²) in [5, 5.41) is 22.6. The first-order chi connectivity index (χ1) is 8.76. The summed E-state index contributed by atoms with van der Waals surface area (Å²) < 4.78 is 9.77. The van der Waals surface area contributed by atoms with Gasteiger partial charge in [-0.25, -0.2) is 0 Å². The van der Waals surface area contributed by atoms with E-state index in [2.05, 4.69) is 10.6 Å². The molecule has 102 valence electrons. The highest BCUT2D eigenvalue weighted by atomic mass is 16.5. The summed E-state index contributed by atoms with van der Waals surface area (Å²) in [6, 6.07) is 1.80. The number of carbonyl (C=O) groups excluding carboxylic acids is 1. The fraction of sp³-hybridized carbons (Fsp3) is 0.636.